The number of hydrogen-bond donors (Lipinski definition) is 0. The Labute approximate surface area is 141 Å². The molecule has 2 aromatic carbocycles. The summed E-state index contributed by atoms with van der Waals surface area (Å²) in [5, 5.41) is 0. The molecule has 0 aromatic heterocycles. The van der Waals surface area contributed by atoms with Gasteiger partial charge in [0, 0.05) is 26.2 Å². The summed E-state index contributed by atoms with van der Waals surface area (Å²) >= 11 is 0. The number of carbonyl (C=O) groups excluding carboxylic acids is 1. The van der Waals surface area contributed by atoms with Gasteiger partial charge in [0.1, 0.15) is 11.6 Å². The molecule has 1 amide bonds. The third-order valence-electron chi connectivity index (χ3n) is 4.19. The third-order valence-corrected chi connectivity index (χ3v) is 4.19. The first-order valence-corrected chi connectivity index (χ1v) is 8.15. The lowest BCUT2D eigenvalue weighted by molar-refractivity contribution is -0.138. The predicted molar refractivity (Wildman–Crippen MR) is 91.7 cm³/mol. The summed E-state index contributed by atoms with van der Waals surface area (Å²) in [7, 11) is 0. The van der Waals surface area contributed by atoms with Crippen molar-refractivity contribution in [2.45, 2.75) is 13.0 Å². The summed E-state index contributed by atoms with van der Waals surface area (Å²) in [5.74, 6) is 0.424. The maximum Gasteiger partial charge on any atom is 0.263 e. The van der Waals surface area contributed by atoms with Gasteiger partial charge in [0.05, 0.1) is 5.69 Å². The molecule has 1 saturated heterocycles. The number of rotatable bonds is 4. The van der Waals surface area contributed by atoms with Gasteiger partial charge in [-0.25, -0.2) is 4.39 Å². The van der Waals surface area contributed by atoms with E-state index in [4.69, 9.17) is 4.74 Å². The van der Waals surface area contributed by atoms with Crippen LogP contribution in [0.3, 0.4) is 0 Å². The van der Waals surface area contributed by atoms with Gasteiger partial charge in [-0.1, -0.05) is 30.3 Å². The molecule has 0 radical (unpaired) electrons. The summed E-state index contributed by atoms with van der Waals surface area (Å²) in [6.45, 7) is 4.12. The quantitative estimate of drug-likeness (QED) is 0.865. The Hall–Kier alpha value is -2.56. The first kappa shape index (κ1) is 16.3. The molecule has 5 heteroatoms. The molecule has 0 spiro atoms. The molecular formula is C19H21FN2O2. The second-order valence-electron chi connectivity index (χ2n) is 5.84. The highest BCUT2D eigenvalue weighted by molar-refractivity contribution is 5.81. The van der Waals surface area contributed by atoms with E-state index in [1.807, 2.05) is 41.3 Å². The molecule has 1 aliphatic rings. The standard InChI is InChI=1S/C19H21FN2O2/c1-15(24-16-7-3-2-4-8-16)19(23)22-13-11-21(12-14-22)18-10-6-5-9-17(18)20/h2-10,15H,11-14H2,1H3/t15-/m0/s1. The van der Waals surface area contributed by atoms with Crippen LogP contribution < -0.4 is 9.64 Å². The zero-order valence-corrected chi connectivity index (χ0v) is 13.7. The molecule has 3 rings (SSSR count). The molecule has 1 atom stereocenters. The molecule has 4 nitrogen and oxygen atoms in total. The number of halogens is 1. The topological polar surface area (TPSA) is 32.8 Å². The zero-order chi connectivity index (χ0) is 16.9. The third kappa shape index (κ3) is 3.67. The van der Waals surface area contributed by atoms with Crippen LogP contribution in [0.25, 0.3) is 0 Å². The van der Waals surface area contributed by atoms with Crippen molar-refractivity contribution < 1.29 is 13.9 Å². The number of nitrogens with zero attached hydrogens (tertiary/aromatic N) is 2. The number of hydrogen-bond acceptors (Lipinski definition) is 3. The van der Waals surface area contributed by atoms with Crippen molar-refractivity contribution in [1.82, 2.24) is 4.90 Å². The Bertz CT molecular complexity index is 685. The maximum absolute atomic E-state index is 13.9. The maximum atomic E-state index is 13.9. The lowest BCUT2D eigenvalue weighted by Gasteiger charge is -2.37. The molecule has 0 bridgehead atoms. The van der Waals surface area contributed by atoms with Gasteiger partial charge >= 0.3 is 0 Å². The Morgan fingerprint density at radius 2 is 1.62 bits per heavy atom. The second kappa shape index (κ2) is 7.34. The number of piperazine rings is 1. The van der Waals surface area contributed by atoms with Crippen LogP contribution in [0.4, 0.5) is 10.1 Å². The van der Waals surface area contributed by atoms with Gasteiger partial charge < -0.3 is 14.5 Å². The van der Waals surface area contributed by atoms with Crippen LogP contribution in [-0.4, -0.2) is 43.1 Å². The van der Waals surface area contributed by atoms with Gasteiger partial charge in [0.15, 0.2) is 6.10 Å². The Morgan fingerprint density at radius 1 is 1.00 bits per heavy atom. The highest BCUT2D eigenvalue weighted by Crippen LogP contribution is 2.20. The number of ether oxygens (including phenoxy) is 1. The summed E-state index contributed by atoms with van der Waals surface area (Å²) in [6, 6.07) is 16.1. The summed E-state index contributed by atoms with van der Waals surface area (Å²) < 4.78 is 19.6. The van der Waals surface area contributed by atoms with Crippen molar-refractivity contribution >= 4 is 11.6 Å². The van der Waals surface area contributed by atoms with E-state index in [-0.39, 0.29) is 11.7 Å². The minimum absolute atomic E-state index is 0.0352. The van der Waals surface area contributed by atoms with Crippen LogP contribution in [0.2, 0.25) is 0 Å². The Balaban J connectivity index is 1.56. The summed E-state index contributed by atoms with van der Waals surface area (Å²) in [4.78, 5) is 16.3. The Kier molecular flexibility index (Phi) is 4.99. The van der Waals surface area contributed by atoms with Crippen molar-refractivity contribution in [2.24, 2.45) is 0 Å². The van der Waals surface area contributed by atoms with Crippen molar-refractivity contribution in [1.29, 1.82) is 0 Å². The average Bonchev–Trinajstić information content (AvgIpc) is 2.62. The minimum atomic E-state index is -0.535. The van der Waals surface area contributed by atoms with Crippen molar-refractivity contribution in [3.63, 3.8) is 0 Å². The Morgan fingerprint density at radius 3 is 2.29 bits per heavy atom. The summed E-state index contributed by atoms with van der Waals surface area (Å²) in [5.41, 5.74) is 0.596. The zero-order valence-electron chi connectivity index (χ0n) is 13.7. The lowest BCUT2D eigenvalue weighted by atomic mass is 10.2. The fraction of sp³-hybridized carbons (Fsp3) is 0.316. The predicted octanol–water partition coefficient (Wildman–Crippen LogP) is 2.94. The largest absolute Gasteiger partial charge is 0.481 e. The molecule has 1 aliphatic heterocycles. The monoisotopic (exact) mass is 328 g/mol. The van der Waals surface area contributed by atoms with E-state index in [1.165, 1.54) is 6.07 Å². The number of benzene rings is 2. The number of amides is 1. The van der Waals surface area contributed by atoms with Crippen LogP contribution in [0.1, 0.15) is 6.92 Å². The molecule has 0 saturated carbocycles. The van der Waals surface area contributed by atoms with E-state index >= 15 is 0 Å². The molecule has 126 valence electrons. The molecule has 0 unspecified atom stereocenters. The van der Waals surface area contributed by atoms with Crippen LogP contribution in [0.5, 0.6) is 5.75 Å². The SMILES string of the molecule is C[C@H](Oc1ccccc1)C(=O)N1CCN(c2ccccc2F)CC1. The van der Waals surface area contributed by atoms with Crippen molar-refractivity contribution in [3.05, 3.63) is 60.4 Å². The first-order chi connectivity index (χ1) is 11.6. The van der Waals surface area contributed by atoms with E-state index in [0.29, 0.717) is 37.6 Å². The fourth-order valence-corrected chi connectivity index (χ4v) is 2.89. The molecule has 24 heavy (non-hydrogen) atoms. The highest BCUT2D eigenvalue weighted by Gasteiger charge is 2.26. The highest BCUT2D eigenvalue weighted by atomic mass is 19.1. The molecule has 0 N–H and O–H groups in total. The first-order valence-electron chi connectivity index (χ1n) is 8.15. The summed E-state index contributed by atoms with van der Waals surface area (Å²) in [6.07, 6.45) is -0.535. The van der Waals surface area contributed by atoms with E-state index in [2.05, 4.69) is 0 Å². The molecule has 0 aliphatic carbocycles. The molecule has 1 heterocycles. The van der Waals surface area contributed by atoms with E-state index in [9.17, 15) is 9.18 Å². The minimum Gasteiger partial charge on any atom is -0.481 e. The van der Waals surface area contributed by atoms with Crippen LogP contribution in [0.15, 0.2) is 54.6 Å². The number of para-hydroxylation sites is 2. The van der Waals surface area contributed by atoms with Gasteiger partial charge in [-0.05, 0) is 31.2 Å². The fourth-order valence-electron chi connectivity index (χ4n) is 2.89. The van der Waals surface area contributed by atoms with Crippen LogP contribution in [0, 0.1) is 5.82 Å². The van der Waals surface area contributed by atoms with E-state index in [1.54, 1.807) is 24.0 Å². The van der Waals surface area contributed by atoms with Crippen LogP contribution in [-0.2, 0) is 4.79 Å². The van der Waals surface area contributed by atoms with Crippen molar-refractivity contribution in [3.8, 4) is 5.75 Å². The van der Waals surface area contributed by atoms with Gasteiger partial charge in [0.25, 0.3) is 5.91 Å². The normalized spacial score (nSPS) is 15.9. The molecular weight excluding hydrogens is 307 g/mol. The molecule has 1 fully saturated rings. The van der Waals surface area contributed by atoms with Gasteiger partial charge in [-0.3, -0.25) is 4.79 Å². The van der Waals surface area contributed by atoms with Crippen LogP contribution >= 0.6 is 0 Å². The lowest BCUT2D eigenvalue weighted by Crippen LogP contribution is -2.52. The second-order valence-corrected chi connectivity index (χ2v) is 5.84. The van der Waals surface area contributed by atoms with E-state index in [0.717, 1.165) is 0 Å². The van der Waals surface area contributed by atoms with E-state index < -0.39 is 6.10 Å². The average molecular weight is 328 g/mol. The van der Waals surface area contributed by atoms with Gasteiger partial charge in [-0.15, -0.1) is 0 Å². The number of anilines is 1. The van der Waals surface area contributed by atoms with Gasteiger partial charge in [-0.2, -0.15) is 0 Å². The van der Waals surface area contributed by atoms with Crippen molar-refractivity contribution in [2.75, 3.05) is 31.1 Å². The van der Waals surface area contributed by atoms with Gasteiger partial charge in [0.2, 0.25) is 0 Å². The molecule has 2 aromatic rings. The number of carbonyl (C=O) groups is 1. The smallest absolute Gasteiger partial charge is 0.263 e.